The summed E-state index contributed by atoms with van der Waals surface area (Å²) in [5.74, 6) is 0.118. The zero-order valence-electron chi connectivity index (χ0n) is 10.7. The number of thiophene rings is 1. The Morgan fingerprint density at radius 1 is 1.25 bits per heavy atom. The average molecular weight is 302 g/mol. The van der Waals surface area contributed by atoms with Gasteiger partial charge in [0.15, 0.2) is 5.69 Å². The van der Waals surface area contributed by atoms with Gasteiger partial charge in [-0.25, -0.2) is 4.98 Å². The smallest absolute Gasteiger partial charge is 0.365 e. The van der Waals surface area contributed by atoms with Gasteiger partial charge in [0.1, 0.15) is 5.82 Å². The Morgan fingerprint density at radius 2 is 2.05 bits per heavy atom. The Kier molecular flexibility index (Phi) is 4.43. The summed E-state index contributed by atoms with van der Waals surface area (Å²) >= 11 is 1.52. The largest absolute Gasteiger partial charge is 0.433 e. The van der Waals surface area contributed by atoms with Crippen molar-refractivity contribution in [1.29, 1.82) is 0 Å². The van der Waals surface area contributed by atoms with Crippen LogP contribution in [0.25, 0.3) is 0 Å². The molecule has 0 fully saturated rings. The van der Waals surface area contributed by atoms with Crippen LogP contribution in [0.4, 0.5) is 24.9 Å². The molecule has 0 aliphatic carbocycles. The van der Waals surface area contributed by atoms with E-state index in [0.717, 1.165) is 10.9 Å². The lowest BCUT2D eigenvalue weighted by Crippen LogP contribution is -2.14. The standard InChI is InChI=1S/C12H13F3N4S/c1-2-16-11-18-9(12(13,14)15)6-10(19-11)17-7-8-4-3-5-20-8/h3-6H,2,7H2,1H3,(H2,16,17,18,19). The topological polar surface area (TPSA) is 49.8 Å². The van der Waals surface area contributed by atoms with Gasteiger partial charge in [0.25, 0.3) is 0 Å². The molecular formula is C12H13F3N4S. The van der Waals surface area contributed by atoms with Crippen molar-refractivity contribution in [3.05, 3.63) is 34.2 Å². The van der Waals surface area contributed by atoms with E-state index in [1.165, 1.54) is 11.3 Å². The average Bonchev–Trinajstić information content (AvgIpc) is 2.88. The van der Waals surface area contributed by atoms with E-state index in [0.29, 0.717) is 13.1 Å². The van der Waals surface area contributed by atoms with Gasteiger partial charge >= 0.3 is 6.18 Å². The van der Waals surface area contributed by atoms with Crippen molar-refractivity contribution in [2.24, 2.45) is 0 Å². The molecule has 0 bridgehead atoms. The molecule has 2 rings (SSSR count). The van der Waals surface area contributed by atoms with E-state index in [1.807, 2.05) is 17.5 Å². The van der Waals surface area contributed by atoms with Crippen LogP contribution in [0.2, 0.25) is 0 Å². The summed E-state index contributed by atoms with van der Waals surface area (Å²) in [6, 6.07) is 4.69. The SMILES string of the molecule is CCNc1nc(NCc2cccs2)cc(C(F)(F)F)n1. The zero-order valence-corrected chi connectivity index (χ0v) is 11.5. The lowest BCUT2D eigenvalue weighted by molar-refractivity contribution is -0.141. The fourth-order valence-corrected chi connectivity index (χ4v) is 2.16. The minimum Gasteiger partial charge on any atom is -0.365 e. The van der Waals surface area contributed by atoms with Gasteiger partial charge in [-0.1, -0.05) is 6.07 Å². The van der Waals surface area contributed by atoms with Gasteiger partial charge < -0.3 is 10.6 Å². The van der Waals surface area contributed by atoms with Crippen molar-refractivity contribution in [3.8, 4) is 0 Å². The van der Waals surface area contributed by atoms with Crippen LogP contribution in [0.3, 0.4) is 0 Å². The monoisotopic (exact) mass is 302 g/mol. The highest BCUT2D eigenvalue weighted by molar-refractivity contribution is 7.09. The van der Waals surface area contributed by atoms with Crippen molar-refractivity contribution in [3.63, 3.8) is 0 Å². The predicted octanol–water partition coefficient (Wildman–Crippen LogP) is 3.60. The number of rotatable bonds is 5. The summed E-state index contributed by atoms with van der Waals surface area (Å²) < 4.78 is 38.3. The molecule has 20 heavy (non-hydrogen) atoms. The molecule has 2 heterocycles. The highest BCUT2D eigenvalue weighted by atomic mass is 32.1. The second-order valence-electron chi connectivity index (χ2n) is 3.92. The first kappa shape index (κ1) is 14.6. The number of hydrogen-bond donors (Lipinski definition) is 2. The molecule has 0 aliphatic heterocycles. The third-order valence-electron chi connectivity index (χ3n) is 2.38. The molecular weight excluding hydrogens is 289 g/mol. The lowest BCUT2D eigenvalue weighted by atomic mass is 10.3. The first-order chi connectivity index (χ1) is 9.49. The van der Waals surface area contributed by atoms with Gasteiger partial charge in [0.05, 0.1) is 6.54 Å². The minimum atomic E-state index is -4.49. The summed E-state index contributed by atoms with van der Waals surface area (Å²) in [5, 5.41) is 7.48. The van der Waals surface area contributed by atoms with Crippen LogP contribution in [0.5, 0.6) is 0 Å². The van der Waals surface area contributed by atoms with E-state index >= 15 is 0 Å². The maximum absolute atomic E-state index is 12.8. The summed E-state index contributed by atoms with van der Waals surface area (Å²) in [6.07, 6.45) is -4.49. The Labute approximate surface area is 118 Å². The molecule has 0 aromatic carbocycles. The Hall–Kier alpha value is -1.83. The van der Waals surface area contributed by atoms with Crippen LogP contribution in [-0.4, -0.2) is 16.5 Å². The number of hydrogen-bond acceptors (Lipinski definition) is 5. The molecule has 0 amide bonds. The van der Waals surface area contributed by atoms with Crippen molar-refractivity contribution in [2.45, 2.75) is 19.6 Å². The maximum atomic E-state index is 12.8. The number of aromatic nitrogens is 2. The summed E-state index contributed by atoms with van der Waals surface area (Å²) in [4.78, 5) is 8.48. The van der Waals surface area contributed by atoms with Crippen LogP contribution in [-0.2, 0) is 12.7 Å². The van der Waals surface area contributed by atoms with Gasteiger partial charge in [0, 0.05) is 17.5 Å². The lowest BCUT2D eigenvalue weighted by Gasteiger charge is -2.11. The number of anilines is 2. The Balaban J connectivity index is 2.20. The molecule has 0 atom stereocenters. The van der Waals surface area contributed by atoms with Gasteiger partial charge in [-0.2, -0.15) is 18.2 Å². The van der Waals surface area contributed by atoms with E-state index in [-0.39, 0.29) is 11.8 Å². The summed E-state index contributed by atoms with van der Waals surface area (Å²) in [7, 11) is 0. The van der Waals surface area contributed by atoms with Crippen LogP contribution in [0.1, 0.15) is 17.5 Å². The van der Waals surface area contributed by atoms with Crippen LogP contribution >= 0.6 is 11.3 Å². The third-order valence-corrected chi connectivity index (χ3v) is 3.25. The van der Waals surface area contributed by atoms with E-state index in [2.05, 4.69) is 20.6 Å². The molecule has 2 N–H and O–H groups in total. The highest BCUT2D eigenvalue weighted by Crippen LogP contribution is 2.29. The highest BCUT2D eigenvalue weighted by Gasteiger charge is 2.33. The quantitative estimate of drug-likeness (QED) is 0.886. The second-order valence-corrected chi connectivity index (χ2v) is 4.96. The molecule has 0 saturated heterocycles. The maximum Gasteiger partial charge on any atom is 0.433 e. The molecule has 0 spiro atoms. The second kappa shape index (κ2) is 6.08. The molecule has 0 saturated carbocycles. The fourth-order valence-electron chi connectivity index (χ4n) is 1.51. The van der Waals surface area contributed by atoms with E-state index in [4.69, 9.17) is 0 Å². The Morgan fingerprint density at radius 3 is 2.65 bits per heavy atom. The summed E-state index contributed by atoms with van der Waals surface area (Å²) in [5.41, 5.74) is -0.961. The van der Waals surface area contributed by atoms with Gasteiger partial charge in [-0.05, 0) is 18.4 Å². The van der Waals surface area contributed by atoms with E-state index in [1.54, 1.807) is 6.92 Å². The molecule has 0 aliphatic rings. The first-order valence-corrected chi connectivity index (χ1v) is 6.83. The normalized spacial score (nSPS) is 11.4. The number of halogens is 3. The molecule has 2 aromatic rings. The van der Waals surface area contributed by atoms with E-state index in [9.17, 15) is 13.2 Å². The molecule has 4 nitrogen and oxygen atoms in total. The van der Waals surface area contributed by atoms with E-state index < -0.39 is 11.9 Å². The van der Waals surface area contributed by atoms with Gasteiger partial charge in [-0.3, -0.25) is 0 Å². The van der Waals surface area contributed by atoms with Gasteiger partial charge in [-0.15, -0.1) is 11.3 Å². The van der Waals surface area contributed by atoms with Crippen molar-refractivity contribution in [2.75, 3.05) is 17.2 Å². The molecule has 0 unspecified atom stereocenters. The van der Waals surface area contributed by atoms with Crippen LogP contribution in [0.15, 0.2) is 23.6 Å². The minimum absolute atomic E-state index is 0.0315. The Bertz CT molecular complexity index is 554. The van der Waals surface area contributed by atoms with Crippen molar-refractivity contribution in [1.82, 2.24) is 9.97 Å². The first-order valence-electron chi connectivity index (χ1n) is 5.95. The number of alkyl halides is 3. The summed E-state index contributed by atoms with van der Waals surface area (Å²) in [6.45, 7) is 2.64. The zero-order chi connectivity index (χ0) is 14.6. The van der Waals surface area contributed by atoms with Crippen LogP contribution < -0.4 is 10.6 Å². The van der Waals surface area contributed by atoms with Crippen molar-refractivity contribution < 1.29 is 13.2 Å². The number of nitrogens with one attached hydrogen (secondary N) is 2. The molecule has 2 aromatic heterocycles. The van der Waals surface area contributed by atoms with Crippen molar-refractivity contribution >= 4 is 23.1 Å². The molecule has 8 heteroatoms. The molecule has 0 radical (unpaired) electrons. The fraction of sp³-hybridized carbons (Fsp3) is 0.333. The van der Waals surface area contributed by atoms with Crippen LogP contribution in [0, 0.1) is 0 Å². The van der Waals surface area contributed by atoms with Gasteiger partial charge in [0.2, 0.25) is 5.95 Å². The third kappa shape index (κ3) is 3.83. The predicted molar refractivity (Wildman–Crippen MR) is 72.8 cm³/mol. The molecule has 108 valence electrons. The number of nitrogens with zero attached hydrogens (tertiary/aromatic N) is 2.